The molecule has 4 fully saturated rings. The second-order valence-corrected chi connectivity index (χ2v) is 7.56. The van der Waals surface area contributed by atoms with E-state index in [0.717, 1.165) is 11.8 Å². The molecule has 102 valence electrons. The van der Waals surface area contributed by atoms with E-state index in [2.05, 4.69) is 0 Å². The second-order valence-electron chi connectivity index (χ2n) is 7.56. The molecule has 4 aliphatic rings. The maximum Gasteiger partial charge on any atom is 0.310 e. The summed E-state index contributed by atoms with van der Waals surface area (Å²) in [7, 11) is 0. The maximum atomic E-state index is 11.4. The highest BCUT2D eigenvalue weighted by molar-refractivity contribution is 5.74. The minimum atomic E-state index is -0.792. The Kier molecular flexibility index (Phi) is 2.74. The zero-order chi connectivity index (χ0) is 13.1. The van der Waals surface area contributed by atoms with Gasteiger partial charge in [0.25, 0.3) is 0 Å². The number of aliphatic carboxylic acids is 1. The molecular formula is C15H25NO2. The minimum absolute atomic E-state index is 0.190. The predicted octanol–water partition coefficient (Wildman–Crippen LogP) is 2.50. The Labute approximate surface area is 109 Å². The molecular weight excluding hydrogens is 226 g/mol. The summed E-state index contributed by atoms with van der Waals surface area (Å²) in [6, 6.07) is -0.190. The average molecular weight is 251 g/mol. The Balaban J connectivity index is 1.82. The van der Waals surface area contributed by atoms with Gasteiger partial charge in [-0.05, 0) is 75.5 Å². The van der Waals surface area contributed by atoms with Gasteiger partial charge in [-0.2, -0.15) is 0 Å². The molecule has 0 amide bonds. The molecule has 0 aliphatic heterocycles. The summed E-state index contributed by atoms with van der Waals surface area (Å²) >= 11 is 0. The van der Waals surface area contributed by atoms with E-state index in [4.69, 9.17) is 5.73 Å². The van der Waals surface area contributed by atoms with Crippen molar-refractivity contribution in [2.75, 3.05) is 0 Å². The number of rotatable bonds is 3. The molecule has 3 heteroatoms. The lowest BCUT2D eigenvalue weighted by Gasteiger charge is -2.57. The van der Waals surface area contributed by atoms with Crippen LogP contribution in [0.15, 0.2) is 0 Å². The van der Waals surface area contributed by atoms with Crippen LogP contribution in [0.5, 0.6) is 0 Å². The average Bonchev–Trinajstić information content (AvgIpc) is 2.26. The van der Waals surface area contributed by atoms with Crippen molar-refractivity contribution in [3.8, 4) is 0 Å². The van der Waals surface area contributed by atoms with Crippen molar-refractivity contribution < 1.29 is 9.90 Å². The van der Waals surface area contributed by atoms with Gasteiger partial charge in [0.1, 0.15) is 0 Å². The molecule has 3 nitrogen and oxygen atoms in total. The van der Waals surface area contributed by atoms with Crippen LogP contribution in [0.3, 0.4) is 0 Å². The number of carboxylic acids is 1. The number of nitrogens with two attached hydrogens (primary N) is 1. The molecule has 0 saturated heterocycles. The van der Waals surface area contributed by atoms with Crippen LogP contribution >= 0.6 is 0 Å². The van der Waals surface area contributed by atoms with Crippen LogP contribution < -0.4 is 5.73 Å². The largest absolute Gasteiger partial charge is 0.481 e. The predicted molar refractivity (Wildman–Crippen MR) is 69.9 cm³/mol. The third-order valence-electron chi connectivity index (χ3n) is 6.10. The molecule has 4 aliphatic carbocycles. The third kappa shape index (κ3) is 1.70. The van der Waals surface area contributed by atoms with E-state index in [1.807, 2.05) is 0 Å². The van der Waals surface area contributed by atoms with E-state index >= 15 is 0 Å². The smallest absolute Gasteiger partial charge is 0.310 e. The van der Waals surface area contributed by atoms with Gasteiger partial charge in [0.2, 0.25) is 0 Å². The monoisotopic (exact) mass is 251 g/mol. The normalized spacial score (nSPS) is 44.1. The van der Waals surface area contributed by atoms with Crippen LogP contribution in [0.1, 0.15) is 46.0 Å². The van der Waals surface area contributed by atoms with Crippen molar-refractivity contribution in [1.82, 2.24) is 0 Å². The Morgan fingerprint density at radius 3 is 1.94 bits per heavy atom. The van der Waals surface area contributed by atoms with Crippen LogP contribution in [0.25, 0.3) is 0 Å². The zero-order valence-electron chi connectivity index (χ0n) is 11.4. The van der Waals surface area contributed by atoms with Crippen molar-refractivity contribution in [2.45, 2.75) is 52.0 Å². The van der Waals surface area contributed by atoms with Crippen molar-refractivity contribution in [1.29, 1.82) is 0 Å². The van der Waals surface area contributed by atoms with Gasteiger partial charge in [0, 0.05) is 6.04 Å². The molecule has 0 aromatic carbocycles. The Morgan fingerprint density at radius 1 is 1.11 bits per heavy atom. The van der Waals surface area contributed by atoms with Gasteiger partial charge in [0.15, 0.2) is 0 Å². The number of hydrogen-bond acceptors (Lipinski definition) is 2. The van der Waals surface area contributed by atoms with Gasteiger partial charge >= 0.3 is 5.97 Å². The van der Waals surface area contributed by atoms with Crippen molar-refractivity contribution in [2.24, 2.45) is 40.7 Å². The van der Waals surface area contributed by atoms with Crippen molar-refractivity contribution in [3.63, 3.8) is 0 Å². The molecule has 0 spiro atoms. The summed E-state index contributed by atoms with van der Waals surface area (Å²) in [5.41, 5.74) is 5.61. The summed E-state index contributed by atoms with van der Waals surface area (Å²) in [6.45, 7) is 3.59. The van der Waals surface area contributed by atoms with E-state index in [0.29, 0.717) is 17.8 Å². The van der Waals surface area contributed by atoms with Gasteiger partial charge in [-0.3, -0.25) is 4.79 Å². The molecule has 0 aromatic rings. The summed E-state index contributed by atoms with van der Waals surface area (Å²) in [5, 5.41) is 9.39. The molecule has 1 atom stereocenters. The fraction of sp³-hybridized carbons (Fsp3) is 0.933. The zero-order valence-corrected chi connectivity index (χ0v) is 11.4. The Hall–Kier alpha value is -0.570. The molecule has 0 heterocycles. The standard InChI is InChI=1S/C15H25NO2/c1-15(2,14(17)18)13(16)12-10-4-8-3-9(6-10)7-11(12)5-8/h8-13H,3-7,16H2,1-2H3,(H,17,18). The lowest BCUT2D eigenvalue weighted by Crippen LogP contribution is -2.57. The molecule has 4 bridgehead atoms. The summed E-state index contributed by atoms with van der Waals surface area (Å²) in [6.07, 6.45) is 6.65. The fourth-order valence-corrected chi connectivity index (χ4v) is 5.18. The van der Waals surface area contributed by atoms with Gasteiger partial charge in [-0.15, -0.1) is 0 Å². The van der Waals surface area contributed by atoms with Crippen molar-refractivity contribution >= 4 is 5.97 Å². The lowest BCUT2D eigenvalue weighted by atomic mass is 9.49. The van der Waals surface area contributed by atoms with Gasteiger partial charge in [0.05, 0.1) is 5.41 Å². The van der Waals surface area contributed by atoms with Crippen LogP contribution in [0.4, 0.5) is 0 Å². The van der Waals surface area contributed by atoms with E-state index in [-0.39, 0.29) is 6.04 Å². The highest BCUT2D eigenvalue weighted by Crippen LogP contribution is 2.58. The highest BCUT2D eigenvalue weighted by Gasteiger charge is 2.53. The van der Waals surface area contributed by atoms with Crippen LogP contribution in [-0.2, 0) is 4.79 Å². The minimum Gasteiger partial charge on any atom is -0.481 e. The molecule has 4 saturated carbocycles. The van der Waals surface area contributed by atoms with Crippen LogP contribution in [0, 0.1) is 35.0 Å². The number of carboxylic acid groups (broad SMARTS) is 1. The highest BCUT2D eigenvalue weighted by atomic mass is 16.4. The van der Waals surface area contributed by atoms with E-state index < -0.39 is 11.4 Å². The van der Waals surface area contributed by atoms with Crippen LogP contribution in [-0.4, -0.2) is 17.1 Å². The Morgan fingerprint density at radius 2 is 1.56 bits per heavy atom. The summed E-state index contributed by atoms with van der Waals surface area (Å²) in [4.78, 5) is 11.4. The first-order chi connectivity index (χ1) is 8.39. The first-order valence-electron chi connectivity index (χ1n) is 7.38. The van der Waals surface area contributed by atoms with Gasteiger partial charge in [-0.25, -0.2) is 0 Å². The van der Waals surface area contributed by atoms with Gasteiger partial charge < -0.3 is 10.8 Å². The summed E-state index contributed by atoms with van der Waals surface area (Å²) in [5.74, 6) is 2.95. The fourth-order valence-electron chi connectivity index (χ4n) is 5.18. The molecule has 1 unspecified atom stereocenters. The van der Waals surface area contributed by atoms with E-state index in [1.54, 1.807) is 13.8 Å². The van der Waals surface area contributed by atoms with Crippen molar-refractivity contribution in [3.05, 3.63) is 0 Å². The first-order valence-corrected chi connectivity index (χ1v) is 7.38. The van der Waals surface area contributed by atoms with Crippen LogP contribution in [0.2, 0.25) is 0 Å². The topological polar surface area (TPSA) is 63.3 Å². The molecule has 18 heavy (non-hydrogen) atoms. The molecule has 0 radical (unpaired) electrons. The lowest BCUT2D eigenvalue weighted by molar-refractivity contribution is -0.152. The number of carbonyl (C=O) groups is 1. The van der Waals surface area contributed by atoms with E-state index in [9.17, 15) is 9.90 Å². The first kappa shape index (κ1) is 12.5. The Bertz CT molecular complexity index is 336. The number of hydrogen-bond donors (Lipinski definition) is 2. The second kappa shape index (κ2) is 3.96. The third-order valence-corrected chi connectivity index (χ3v) is 6.10. The summed E-state index contributed by atoms with van der Waals surface area (Å²) < 4.78 is 0. The SMILES string of the molecule is CC(C)(C(=O)O)C(N)C1C2CC3CC(C2)CC1C3. The van der Waals surface area contributed by atoms with Gasteiger partial charge in [-0.1, -0.05) is 0 Å². The molecule has 3 N–H and O–H groups in total. The molecule has 0 aromatic heterocycles. The quantitative estimate of drug-likeness (QED) is 0.810. The molecule has 4 rings (SSSR count). The maximum absolute atomic E-state index is 11.4. The van der Waals surface area contributed by atoms with E-state index in [1.165, 1.54) is 32.1 Å².